The first-order valence-corrected chi connectivity index (χ1v) is 9.01. The molecule has 112 valence electrons. The van der Waals surface area contributed by atoms with Gasteiger partial charge >= 0.3 is 5.97 Å². The summed E-state index contributed by atoms with van der Waals surface area (Å²) in [6.07, 6.45) is 0.953. The SMILES string of the molecule is CC(C(=O)O)S(=O)(=O)Nc1cc(S(C)(=O)=O)ccc1Cl. The van der Waals surface area contributed by atoms with Crippen molar-refractivity contribution in [1.29, 1.82) is 0 Å². The number of sulfone groups is 1. The van der Waals surface area contributed by atoms with Crippen LogP contribution in [0.3, 0.4) is 0 Å². The van der Waals surface area contributed by atoms with E-state index in [1.54, 1.807) is 0 Å². The molecule has 1 aromatic carbocycles. The number of rotatable bonds is 5. The second-order valence-corrected chi connectivity index (χ2v) is 8.47. The first-order valence-electron chi connectivity index (χ1n) is 5.19. The zero-order chi connectivity index (χ0) is 15.7. The minimum Gasteiger partial charge on any atom is -0.480 e. The highest BCUT2D eigenvalue weighted by molar-refractivity contribution is 7.94. The molecule has 0 heterocycles. The van der Waals surface area contributed by atoms with Crippen LogP contribution in [0.15, 0.2) is 23.1 Å². The number of carboxylic acids is 1. The zero-order valence-corrected chi connectivity index (χ0v) is 12.9. The Kier molecular flexibility index (Phi) is 4.67. The molecule has 20 heavy (non-hydrogen) atoms. The fourth-order valence-corrected chi connectivity index (χ4v) is 2.97. The number of anilines is 1. The van der Waals surface area contributed by atoms with Gasteiger partial charge in [0, 0.05) is 6.26 Å². The molecular formula is C10H12ClNO6S2. The standard InChI is InChI=1S/C10H12ClNO6S2/c1-6(10(13)14)20(17,18)12-9-5-7(19(2,15)16)3-4-8(9)11/h3-6,12H,1-2H3,(H,13,14). The van der Waals surface area contributed by atoms with E-state index in [9.17, 15) is 21.6 Å². The lowest BCUT2D eigenvalue weighted by molar-refractivity contribution is -0.136. The number of carboxylic acid groups (broad SMARTS) is 1. The van der Waals surface area contributed by atoms with Gasteiger partial charge in [0.15, 0.2) is 15.1 Å². The van der Waals surface area contributed by atoms with Crippen molar-refractivity contribution in [2.45, 2.75) is 17.1 Å². The minimum atomic E-state index is -4.23. The molecule has 0 aliphatic heterocycles. The highest BCUT2D eigenvalue weighted by atomic mass is 35.5. The van der Waals surface area contributed by atoms with Crippen LogP contribution in [0.1, 0.15) is 6.92 Å². The van der Waals surface area contributed by atoms with Gasteiger partial charge in [0.2, 0.25) is 10.0 Å². The van der Waals surface area contributed by atoms with Crippen LogP contribution in [-0.2, 0) is 24.7 Å². The van der Waals surface area contributed by atoms with Crippen molar-refractivity contribution >= 4 is 43.1 Å². The molecule has 1 aromatic rings. The molecule has 10 heteroatoms. The van der Waals surface area contributed by atoms with Crippen LogP contribution in [0, 0.1) is 0 Å². The Morgan fingerprint density at radius 2 is 1.85 bits per heavy atom. The average molecular weight is 342 g/mol. The summed E-state index contributed by atoms with van der Waals surface area (Å²) in [5.74, 6) is -1.53. The lowest BCUT2D eigenvalue weighted by atomic mass is 10.3. The summed E-state index contributed by atoms with van der Waals surface area (Å²) in [6, 6.07) is 3.46. The number of halogens is 1. The number of hydrogen-bond acceptors (Lipinski definition) is 5. The number of aliphatic carboxylic acids is 1. The number of hydrogen-bond donors (Lipinski definition) is 2. The topological polar surface area (TPSA) is 118 Å². The molecule has 0 saturated carbocycles. The van der Waals surface area contributed by atoms with Gasteiger partial charge in [-0.2, -0.15) is 0 Å². The molecule has 0 amide bonds. The highest BCUT2D eigenvalue weighted by Gasteiger charge is 2.28. The average Bonchev–Trinajstić information content (AvgIpc) is 2.29. The van der Waals surface area contributed by atoms with E-state index in [-0.39, 0.29) is 15.6 Å². The van der Waals surface area contributed by atoms with Crippen LogP contribution in [0.5, 0.6) is 0 Å². The van der Waals surface area contributed by atoms with E-state index in [1.165, 1.54) is 12.1 Å². The first-order chi connectivity index (χ1) is 8.95. The molecule has 0 aliphatic rings. The third-order valence-electron chi connectivity index (χ3n) is 2.43. The van der Waals surface area contributed by atoms with Crippen LogP contribution in [-0.4, -0.2) is 39.4 Å². The van der Waals surface area contributed by atoms with Crippen LogP contribution < -0.4 is 4.72 Å². The lowest BCUT2D eigenvalue weighted by Gasteiger charge is -2.13. The van der Waals surface area contributed by atoms with E-state index in [4.69, 9.17) is 16.7 Å². The molecular weight excluding hydrogens is 330 g/mol. The molecule has 0 aromatic heterocycles. The summed E-state index contributed by atoms with van der Waals surface area (Å²) >= 11 is 5.77. The molecule has 0 bridgehead atoms. The Morgan fingerprint density at radius 1 is 1.30 bits per heavy atom. The van der Waals surface area contributed by atoms with Gasteiger partial charge < -0.3 is 5.11 Å². The van der Waals surface area contributed by atoms with Crippen molar-refractivity contribution in [3.05, 3.63) is 23.2 Å². The van der Waals surface area contributed by atoms with E-state index in [2.05, 4.69) is 0 Å². The normalized spacial score (nSPS) is 13.8. The Labute approximate surface area is 121 Å². The maximum absolute atomic E-state index is 11.8. The van der Waals surface area contributed by atoms with Gasteiger partial charge in [-0.25, -0.2) is 16.8 Å². The van der Waals surface area contributed by atoms with Crippen LogP contribution >= 0.6 is 11.6 Å². The molecule has 7 nitrogen and oxygen atoms in total. The highest BCUT2D eigenvalue weighted by Crippen LogP contribution is 2.26. The first kappa shape index (κ1) is 16.7. The molecule has 0 saturated heterocycles. The molecule has 0 spiro atoms. The monoisotopic (exact) mass is 341 g/mol. The largest absolute Gasteiger partial charge is 0.480 e. The number of benzene rings is 1. The predicted molar refractivity (Wildman–Crippen MR) is 74.2 cm³/mol. The molecule has 1 unspecified atom stereocenters. The zero-order valence-electron chi connectivity index (χ0n) is 10.5. The van der Waals surface area contributed by atoms with Crippen LogP contribution in [0.4, 0.5) is 5.69 Å². The summed E-state index contributed by atoms with van der Waals surface area (Å²) < 4.78 is 48.3. The van der Waals surface area contributed by atoms with E-state index < -0.39 is 31.1 Å². The van der Waals surface area contributed by atoms with E-state index in [0.717, 1.165) is 19.2 Å². The van der Waals surface area contributed by atoms with Gasteiger partial charge in [-0.1, -0.05) is 11.6 Å². The molecule has 2 N–H and O–H groups in total. The molecule has 0 radical (unpaired) electrons. The summed E-state index contributed by atoms with van der Waals surface area (Å²) in [5, 5.41) is 6.95. The lowest BCUT2D eigenvalue weighted by Crippen LogP contribution is -2.32. The quantitative estimate of drug-likeness (QED) is 0.823. The van der Waals surface area contributed by atoms with E-state index >= 15 is 0 Å². The van der Waals surface area contributed by atoms with Gasteiger partial charge in [-0.15, -0.1) is 0 Å². The van der Waals surface area contributed by atoms with Crippen molar-refractivity contribution in [3.63, 3.8) is 0 Å². The van der Waals surface area contributed by atoms with Crippen LogP contribution in [0.2, 0.25) is 5.02 Å². The van der Waals surface area contributed by atoms with Crippen molar-refractivity contribution in [2.24, 2.45) is 0 Å². The van der Waals surface area contributed by atoms with Gasteiger partial charge in [-0.3, -0.25) is 9.52 Å². The fraction of sp³-hybridized carbons (Fsp3) is 0.300. The number of sulfonamides is 1. The summed E-state index contributed by atoms with van der Waals surface area (Å²) in [4.78, 5) is 10.6. The van der Waals surface area contributed by atoms with Gasteiger partial charge in [-0.05, 0) is 25.1 Å². The maximum Gasteiger partial charge on any atom is 0.323 e. The van der Waals surface area contributed by atoms with Crippen molar-refractivity contribution in [1.82, 2.24) is 0 Å². The third-order valence-corrected chi connectivity index (χ3v) is 5.51. The van der Waals surface area contributed by atoms with Crippen molar-refractivity contribution in [3.8, 4) is 0 Å². The Morgan fingerprint density at radius 3 is 2.30 bits per heavy atom. The fourth-order valence-electron chi connectivity index (χ4n) is 1.19. The molecule has 0 fully saturated rings. The molecule has 1 atom stereocenters. The Hall–Kier alpha value is -1.32. The van der Waals surface area contributed by atoms with Gasteiger partial charge in [0.1, 0.15) is 0 Å². The van der Waals surface area contributed by atoms with Crippen LogP contribution in [0.25, 0.3) is 0 Å². The minimum absolute atomic E-state index is 0.0430. The second kappa shape index (κ2) is 5.58. The third kappa shape index (κ3) is 3.84. The van der Waals surface area contributed by atoms with E-state index in [0.29, 0.717) is 0 Å². The Bertz CT molecular complexity index is 741. The van der Waals surface area contributed by atoms with Crippen molar-refractivity contribution < 1.29 is 26.7 Å². The number of carbonyl (C=O) groups is 1. The number of nitrogens with one attached hydrogen (secondary N) is 1. The molecule has 1 rings (SSSR count). The smallest absolute Gasteiger partial charge is 0.323 e. The summed E-state index contributed by atoms with van der Waals surface area (Å²) in [7, 11) is -7.77. The molecule has 0 aliphatic carbocycles. The predicted octanol–water partition coefficient (Wildman–Crippen LogP) is 0.958. The van der Waals surface area contributed by atoms with Gasteiger partial charge in [0.25, 0.3) is 0 Å². The Balaban J connectivity index is 3.26. The van der Waals surface area contributed by atoms with Gasteiger partial charge in [0.05, 0.1) is 15.6 Å². The second-order valence-electron chi connectivity index (χ2n) is 4.04. The summed E-state index contributed by atoms with van der Waals surface area (Å²) in [5.41, 5.74) is -0.192. The summed E-state index contributed by atoms with van der Waals surface area (Å²) in [6.45, 7) is 0.985. The van der Waals surface area contributed by atoms with Crippen molar-refractivity contribution in [2.75, 3.05) is 11.0 Å². The van der Waals surface area contributed by atoms with E-state index in [1.807, 2.05) is 4.72 Å². The maximum atomic E-state index is 11.8.